The van der Waals surface area contributed by atoms with E-state index in [1.54, 1.807) is 0 Å². The molecule has 0 aliphatic rings. The lowest BCUT2D eigenvalue weighted by molar-refractivity contribution is 0.0927. The summed E-state index contributed by atoms with van der Waals surface area (Å²) >= 11 is 1.43. The summed E-state index contributed by atoms with van der Waals surface area (Å²) in [5.41, 5.74) is 6.42. The second kappa shape index (κ2) is 4.66. The number of aromatic nitrogens is 1. The summed E-state index contributed by atoms with van der Waals surface area (Å²) in [5.74, 6) is 0.200. The molecule has 14 heavy (non-hydrogen) atoms. The predicted octanol–water partition coefficient (Wildman–Crippen LogP) is 2.14. The summed E-state index contributed by atoms with van der Waals surface area (Å²) in [6.07, 6.45) is 0.857. The molecule has 1 aromatic heterocycles. The minimum Gasteiger partial charge on any atom is -0.326 e. The number of hydrogen-bond donors (Lipinski definition) is 1. The lowest BCUT2D eigenvalue weighted by atomic mass is 10.0. The van der Waals surface area contributed by atoms with Crippen LogP contribution in [0.2, 0.25) is 0 Å². The molecule has 0 bridgehead atoms. The minimum atomic E-state index is 0.0613. The van der Waals surface area contributed by atoms with Gasteiger partial charge in [-0.05, 0) is 13.3 Å². The van der Waals surface area contributed by atoms with E-state index in [1.807, 2.05) is 20.8 Å². The SMILES string of the molecule is CCC(C)C(=O)c1nc(C)c(CN)s1. The molecule has 0 aliphatic heterocycles. The van der Waals surface area contributed by atoms with Crippen molar-refractivity contribution in [1.29, 1.82) is 0 Å². The van der Waals surface area contributed by atoms with Crippen molar-refractivity contribution < 1.29 is 4.79 Å². The second-order valence-corrected chi connectivity index (χ2v) is 4.49. The second-order valence-electron chi connectivity index (χ2n) is 3.41. The van der Waals surface area contributed by atoms with Gasteiger partial charge in [-0.1, -0.05) is 13.8 Å². The third kappa shape index (κ3) is 2.19. The van der Waals surface area contributed by atoms with Gasteiger partial charge in [-0.25, -0.2) is 4.98 Å². The van der Waals surface area contributed by atoms with Crippen molar-refractivity contribution >= 4 is 17.1 Å². The van der Waals surface area contributed by atoms with Gasteiger partial charge in [0.2, 0.25) is 0 Å². The van der Waals surface area contributed by atoms with Crippen LogP contribution in [0.1, 0.15) is 40.6 Å². The summed E-state index contributed by atoms with van der Waals surface area (Å²) in [6.45, 7) is 6.30. The van der Waals surface area contributed by atoms with Crippen molar-refractivity contribution in [2.75, 3.05) is 0 Å². The van der Waals surface area contributed by atoms with E-state index in [1.165, 1.54) is 11.3 Å². The van der Waals surface area contributed by atoms with E-state index in [9.17, 15) is 4.79 Å². The number of carbonyl (C=O) groups excluding carboxylic acids is 1. The maximum Gasteiger partial charge on any atom is 0.194 e. The molecule has 78 valence electrons. The van der Waals surface area contributed by atoms with Crippen LogP contribution in [0.5, 0.6) is 0 Å². The van der Waals surface area contributed by atoms with Gasteiger partial charge in [-0.15, -0.1) is 11.3 Å². The molecule has 0 saturated heterocycles. The molecule has 0 fully saturated rings. The summed E-state index contributed by atoms with van der Waals surface area (Å²) < 4.78 is 0. The molecule has 0 amide bonds. The molecule has 1 atom stereocenters. The van der Waals surface area contributed by atoms with E-state index in [0.29, 0.717) is 11.6 Å². The van der Waals surface area contributed by atoms with Crippen LogP contribution in [0, 0.1) is 12.8 Å². The number of rotatable bonds is 4. The van der Waals surface area contributed by atoms with E-state index in [4.69, 9.17) is 5.73 Å². The third-order valence-corrected chi connectivity index (χ3v) is 3.54. The van der Waals surface area contributed by atoms with Gasteiger partial charge in [0.15, 0.2) is 10.8 Å². The zero-order valence-corrected chi connectivity index (χ0v) is 9.65. The van der Waals surface area contributed by atoms with Crippen molar-refractivity contribution in [3.8, 4) is 0 Å². The van der Waals surface area contributed by atoms with Crippen molar-refractivity contribution in [3.63, 3.8) is 0 Å². The van der Waals surface area contributed by atoms with Gasteiger partial charge in [-0.3, -0.25) is 4.79 Å². The molecule has 0 spiro atoms. The zero-order valence-electron chi connectivity index (χ0n) is 8.83. The summed E-state index contributed by atoms with van der Waals surface area (Å²) in [4.78, 5) is 17.0. The van der Waals surface area contributed by atoms with Crippen LogP contribution in [-0.2, 0) is 6.54 Å². The summed E-state index contributed by atoms with van der Waals surface area (Å²) in [5, 5.41) is 0.609. The van der Waals surface area contributed by atoms with E-state index >= 15 is 0 Å². The molecule has 0 radical (unpaired) electrons. The van der Waals surface area contributed by atoms with Crippen LogP contribution >= 0.6 is 11.3 Å². The van der Waals surface area contributed by atoms with Crippen LogP contribution in [0.3, 0.4) is 0 Å². The van der Waals surface area contributed by atoms with Crippen LogP contribution in [0.25, 0.3) is 0 Å². The van der Waals surface area contributed by atoms with E-state index in [2.05, 4.69) is 4.98 Å². The fraction of sp³-hybridized carbons (Fsp3) is 0.600. The summed E-state index contributed by atoms with van der Waals surface area (Å²) in [6, 6.07) is 0. The van der Waals surface area contributed by atoms with Crippen molar-refractivity contribution in [1.82, 2.24) is 4.98 Å². The van der Waals surface area contributed by atoms with E-state index < -0.39 is 0 Å². The molecule has 1 rings (SSSR count). The number of aryl methyl sites for hydroxylation is 1. The Kier molecular flexibility index (Phi) is 3.77. The molecular formula is C10H16N2OS. The largest absolute Gasteiger partial charge is 0.326 e. The minimum absolute atomic E-state index is 0.0613. The molecular weight excluding hydrogens is 196 g/mol. The first-order valence-corrected chi connectivity index (χ1v) is 5.62. The Morgan fingerprint density at radius 2 is 2.29 bits per heavy atom. The molecule has 0 aliphatic carbocycles. The number of carbonyl (C=O) groups is 1. The number of nitrogens with zero attached hydrogens (tertiary/aromatic N) is 1. The first-order valence-electron chi connectivity index (χ1n) is 4.80. The molecule has 4 heteroatoms. The molecule has 0 aromatic carbocycles. The Balaban J connectivity index is 2.91. The van der Waals surface area contributed by atoms with Gasteiger partial charge in [0, 0.05) is 17.3 Å². The van der Waals surface area contributed by atoms with Gasteiger partial charge >= 0.3 is 0 Å². The van der Waals surface area contributed by atoms with Crippen LogP contribution in [0.15, 0.2) is 0 Å². The maximum atomic E-state index is 11.8. The van der Waals surface area contributed by atoms with Gasteiger partial charge in [0.25, 0.3) is 0 Å². The number of Topliss-reactive ketones (excluding diaryl/α,β-unsaturated/α-hetero) is 1. The average molecular weight is 212 g/mol. The Labute approximate surface area is 88.3 Å². The smallest absolute Gasteiger partial charge is 0.194 e. The highest BCUT2D eigenvalue weighted by Crippen LogP contribution is 2.21. The number of hydrogen-bond acceptors (Lipinski definition) is 4. The zero-order chi connectivity index (χ0) is 10.7. The Morgan fingerprint density at radius 1 is 1.64 bits per heavy atom. The van der Waals surface area contributed by atoms with Gasteiger partial charge in [-0.2, -0.15) is 0 Å². The highest BCUT2D eigenvalue weighted by Gasteiger charge is 2.18. The third-order valence-electron chi connectivity index (χ3n) is 2.35. The Bertz CT molecular complexity index is 333. The topological polar surface area (TPSA) is 56.0 Å². The summed E-state index contributed by atoms with van der Waals surface area (Å²) in [7, 11) is 0. The van der Waals surface area contributed by atoms with Gasteiger partial charge in [0.1, 0.15) is 0 Å². The monoisotopic (exact) mass is 212 g/mol. The Morgan fingerprint density at radius 3 is 2.71 bits per heavy atom. The van der Waals surface area contributed by atoms with E-state index in [0.717, 1.165) is 17.0 Å². The number of nitrogens with two attached hydrogens (primary N) is 1. The molecule has 1 unspecified atom stereocenters. The highest BCUT2D eigenvalue weighted by atomic mass is 32.1. The first kappa shape index (κ1) is 11.3. The van der Waals surface area contributed by atoms with Crippen LogP contribution < -0.4 is 5.73 Å². The molecule has 1 heterocycles. The van der Waals surface area contributed by atoms with Gasteiger partial charge < -0.3 is 5.73 Å². The van der Waals surface area contributed by atoms with Crippen molar-refractivity contribution in [3.05, 3.63) is 15.6 Å². The molecule has 1 aromatic rings. The number of ketones is 1. The normalized spacial score (nSPS) is 12.9. The standard InChI is InChI=1S/C10H16N2OS/c1-4-6(2)9(13)10-12-7(3)8(5-11)14-10/h6H,4-5,11H2,1-3H3. The molecule has 0 saturated carbocycles. The van der Waals surface area contributed by atoms with E-state index in [-0.39, 0.29) is 11.7 Å². The average Bonchev–Trinajstić information content (AvgIpc) is 2.57. The van der Waals surface area contributed by atoms with Crippen molar-refractivity contribution in [2.24, 2.45) is 11.7 Å². The molecule has 3 nitrogen and oxygen atoms in total. The van der Waals surface area contributed by atoms with Gasteiger partial charge in [0.05, 0.1) is 5.69 Å². The predicted molar refractivity (Wildman–Crippen MR) is 58.5 cm³/mol. The first-order chi connectivity index (χ1) is 6.60. The van der Waals surface area contributed by atoms with Crippen LogP contribution in [-0.4, -0.2) is 10.8 Å². The fourth-order valence-electron chi connectivity index (χ4n) is 1.12. The fourth-order valence-corrected chi connectivity index (χ4v) is 2.11. The number of thiazole rings is 1. The maximum absolute atomic E-state index is 11.8. The van der Waals surface area contributed by atoms with Crippen LogP contribution in [0.4, 0.5) is 0 Å². The molecule has 2 N–H and O–H groups in total. The lowest BCUT2D eigenvalue weighted by Gasteiger charge is -2.02. The van der Waals surface area contributed by atoms with Crippen molar-refractivity contribution in [2.45, 2.75) is 33.7 Å². The quantitative estimate of drug-likeness (QED) is 0.778. The highest BCUT2D eigenvalue weighted by molar-refractivity contribution is 7.13. The lowest BCUT2D eigenvalue weighted by Crippen LogP contribution is -2.09. The Hall–Kier alpha value is -0.740.